The van der Waals surface area contributed by atoms with Crippen LogP contribution in [0.15, 0.2) is 48.0 Å². The van der Waals surface area contributed by atoms with Gasteiger partial charge in [0.05, 0.1) is 11.6 Å². The molecule has 1 saturated heterocycles. The lowest BCUT2D eigenvalue weighted by Gasteiger charge is -2.26. The summed E-state index contributed by atoms with van der Waals surface area (Å²) in [5.74, 6) is -0.364. The third-order valence-electron chi connectivity index (χ3n) is 6.03. The second-order valence-electron chi connectivity index (χ2n) is 9.29. The molecule has 0 aliphatic carbocycles. The van der Waals surface area contributed by atoms with Gasteiger partial charge < -0.3 is 19.5 Å². The van der Waals surface area contributed by atoms with Gasteiger partial charge in [0.2, 0.25) is 6.79 Å². The molecule has 2 heterocycles. The zero-order valence-electron chi connectivity index (χ0n) is 19.0. The second-order valence-corrected chi connectivity index (χ2v) is 9.29. The third-order valence-corrected chi connectivity index (χ3v) is 6.03. The Balaban J connectivity index is 1.82. The number of Topliss-reactive ketones (excluding diaryl/α,β-unsaturated/α-hetero) is 1. The Morgan fingerprint density at radius 3 is 2.41 bits per heavy atom. The van der Waals surface area contributed by atoms with Crippen LogP contribution >= 0.6 is 0 Å². The molecule has 0 bridgehead atoms. The van der Waals surface area contributed by atoms with E-state index >= 15 is 0 Å². The Labute approximate surface area is 188 Å². The van der Waals surface area contributed by atoms with Crippen molar-refractivity contribution in [1.29, 1.82) is 0 Å². The fourth-order valence-electron chi connectivity index (χ4n) is 4.15. The lowest BCUT2D eigenvalue weighted by molar-refractivity contribution is -0.139. The van der Waals surface area contributed by atoms with Crippen LogP contribution in [0.1, 0.15) is 63.3 Å². The van der Waals surface area contributed by atoms with Gasteiger partial charge in [-0.15, -0.1) is 0 Å². The number of hydrogen-bond donors (Lipinski definition) is 1. The Kier molecular flexibility index (Phi) is 5.71. The van der Waals surface area contributed by atoms with Gasteiger partial charge in [0.1, 0.15) is 5.76 Å². The monoisotopic (exact) mass is 435 g/mol. The first kappa shape index (κ1) is 21.9. The molecule has 6 nitrogen and oxygen atoms in total. The number of nitrogens with zero attached hydrogens (tertiary/aromatic N) is 1. The number of carbonyl (C=O) groups excluding carboxylic acids is 2. The van der Waals surface area contributed by atoms with Crippen LogP contribution in [-0.2, 0) is 15.0 Å². The van der Waals surface area contributed by atoms with Crippen molar-refractivity contribution in [2.45, 2.75) is 52.0 Å². The van der Waals surface area contributed by atoms with Crippen LogP contribution in [-0.4, -0.2) is 35.0 Å². The van der Waals surface area contributed by atoms with Crippen LogP contribution in [0.25, 0.3) is 5.76 Å². The predicted octanol–water partition coefficient (Wildman–Crippen LogP) is 4.93. The maximum atomic E-state index is 13.1. The van der Waals surface area contributed by atoms with Crippen molar-refractivity contribution in [2.75, 3.05) is 13.3 Å². The highest BCUT2D eigenvalue weighted by Gasteiger charge is 2.45. The molecule has 1 unspecified atom stereocenters. The van der Waals surface area contributed by atoms with E-state index in [4.69, 9.17) is 9.47 Å². The van der Waals surface area contributed by atoms with Crippen LogP contribution in [0.4, 0.5) is 0 Å². The number of rotatable bonds is 5. The van der Waals surface area contributed by atoms with Crippen molar-refractivity contribution in [3.05, 3.63) is 64.7 Å². The zero-order valence-corrected chi connectivity index (χ0v) is 19.0. The van der Waals surface area contributed by atoms with E-state index in [1.54, 1.807) is 23.1 Å². The van der Waals surface area contributed by atoms with Gasteiger partial charge in [0.15, 0.2) is 11.5 Å². The maximum Gasteiger partial charge on any atom is 0.295 e. The molecule has 168 valence electrons. The molecule has 1 atom stereocenters. The number of likely N-dealkylation sites (tertiary alicyclic amines) is 1. The number of ether oxygens (including phenoxy) is 2. The molecule has 32 heavy (non-hydrogen) atoms. The normalized spacial score (nSPS) is 19.6. The molecule has 1 fully saturated rings. The molecule has 2 aliphatic rings. The van der Waals surface area contributed by atoms with Crippen LogP contribution in [0, 0.1) is 0 Å². The van der Waals surface area contributed by atoms with E-state index in [2.05, 4.69) is 20.8 Å². The van der Waals surface area contributed by atoms with Crippen LogP contribution < -0.4 is 9.47 Å². The smallest absolute Gasteiger partial charge is 0.295 e. The average Bonchev–Trinajstić information content (AvgIpc) is 3.33. The van der Waals surface area contributed by atoms with Crippen LogP contribution in [0.3, 0.4) is 0 Å². The van der Waals surface area contributed by atoms with Crippen molar-refractivity contribution < 1.29 is 24.2 Å². The van der Waals surface area contributed by atoms with E-state index < -0.39 is 17.7 Å². The minimum Gasteiger partial charge on any atom is -0.507 e. The van der Waals surface area contributed by atoms with Crippen LogP contribution in [0.5, 0.6) is 11.5 Å². The number of aliphatic hydroxyl groups is 1. The first-order chi connectivity index (χ1) is 15.2. The topological polar surface area (TPSA) is 76.1 Å². The quantitative estimate of drug-likeness (QED) is 0.409. The summed E-state index contributed by atoms with van der Waals surface area (Å²) >= 11 is 0. The Morgan fingerprint density at radius 2 is 1.75 bits per heavy atom. The third kappa shape index (κ3) is 3.85. The van der Waals surface area contributed by atoms with Crippen molar-refractivity contribution in [1.82, 2.24) is 4.90 Å². The first-order valence-electron chi connectivity index (χ1n) is 11.0. The Hall–Kier alpha value is -3.28. The summed E-state index contributed by atoms with van der Waals surface area (Å²) in [7, 11) is 0. The molecule has 0 spiro atoms. The molecule has 1 N–H and O–H groups in total. The van der Waals surface area contributed by atoms with Gasteiger partial charge in [-0.05, 0) is 41.2 Å². The number of fused-ring (bicyclic) bond motifs is 1. The minimum atomic E-state index is -0.666. The van der Waals surface area contributed by atoms with Gasteiger partial charge in [0, 0.05) is 12.1 Å². The lowest BCUT2D eigenvalue weighted by Crippen LogP contribution is -2.30. The van der Waals surface area contributed by atoms with E-state index in [0.29, 0.717) is 23.6 Å². The van der Waals surface area contributed by atoms with Gasteiger partial charge in [-0.25, -0.2) is 0 Å². The molecule has 0 saturated carbocycles. The summed E-state index contributed by atoms with van der Waals surface area (Å²) in [6.45, 7) is 9.00. The van der Waals surface area contributed by atoms with E-state index in [1.165, 1.54) is 0 Å². The first-order valence-corrected chi connectivity index (χ1v) is 11.0. The summed E-state index contributed by atoms with van der Waals surface area (Å²) in [6.07, 6.45) is 1.66. The largest absolute Gasteiger partial charge is 0.507 e. The SMILES string of the molecule is CCCCN1C(=O)C(=O)/C(=C(\O)c2ccc3c(c2)OCO3)C1c1ccc(C(C)(C)C)cc1. The Morgan fingerprint density at radius 1 is 1.06 bits per heavy atom. The van der Waals surface area contributed by atoms with Crippen molar-refractivity contribution in [2.24, 2.45) is 0 Å². The molecule has 2 aromatic carbocycles. The van der Waals surface area contributed by atoms with Crippen LogP contribution in [0.2, 0.25) is 0 Å². The molecular weight excluding hydrogens is 406 g/mol. The summed E-state index contributed by atoms with van der Waals surface area (Å²) in [5.41, 5.74) is 2.46. The number of hydrogen-bond acceptors (Lipinski definition) is 5. The second kappa shape index (κ2) is 8.34. The number of unbranched alkanes of at least 4 members (excludes halogenated alkanes) is 1. The molecule has 2 aliphatic heterocycles. The van der Waals surface area contributed by atoms with Gasteiger partial charge in [-0.2, -0.15) is 0 Å². The molecule has 0 aromatic heterocycles. The molecular formula is C26H29NO5. The fourth-order valence-corrected chi connectivity index (χ4v) is 4.15. The van der Waals surface area contributed by atoms with Gasteiger partial charge >= 0.3 is 0 Å². The molecule has 1 amide bonds. The standard InChI is InChI=1S/C26H29NO5/c1-5-6-13-27-22(16-7-10-18(11-8-16)26(2,3)4)21(24(29)25(27)30)23(28)17-9-12-19-20(14-17)32-15-31-19/h7-12,14,22,28H,5-6,13,15H2,1-4H3/b23-21-. The predicted molar refractivity (Wildman–Crippen MR) is 122 cm³/mol. The fraction of sp³-hybridized carbons (Fsp3) is 0.385. The van der Waals surface area contributed by atoms with E-state index in [1.807, 2.05) is 31.2 Å². The van der Waals surface area contributed by atoms with E-state index in [0.717, 1.165) is 24.0 Å². The zero-order chi connectivity index (χ0) is 23.0. The molecule has 4 rings (SSSR count). The van der Waals surface area contributed by atoms with Crippen molar-refractivity contribution in [3.63, 3.8) is 0 Å². The minimum absolute atomic E-state index is 0.0188. The summed E-state index contributed by atoms with van der Waals surface area (Å²) in [4.78, 5) is 27.6. The summed E-state index contributed by atoms with van der Waals surface area (Å²) in [6, 6.07) is 12.3. The molecule has 2 aromatic rings. The maximum absolute atomic E-state index is 13.1. The van der Waals surface area contributed by atoms with Gasteiger partial charge in [0.25, 0.3) is 11.7 Å². The number of aliphatic hydroxyl groups excluding tert-OH is 1. The van der Waals surface area contributed by atoms with E-state index in [9.17, 15) is 14.7 Å². The number of benzene rings is 2. The summed E-state index contributed by atoms with van der Waals surface area (Å²) < 4.78 is 10.8. The molecule has 0 radical (unpaired) electrons. The number of amides is 1. The average molecular weight is 436 g/mol. The van der Waals surface area contributed by atoms with Crippen molar-refractivity contribution in [3.8, 4) is 11.5 Å². The summed E-state index contributed by atoms with van der Waals surface area (Å²) in [5, 5.41) is 11.2. The molecule has 6 heteroatoms. The van der Waals surface area contributed by atoms with Gasteiger partial charge in [-0.3, -0.25) is 9.59 Å². The van der Waals surface area contributed by atoms with Gasteiger partial charge in [-0.1, -0.05) is 58.4 Å². The highest BCUT2D eigenvalue weighted by molar-refractivity contribution is 6.46. The highest BCUT2D eigenvalue weighted by atomic mass is 16.7. The lowest BCUT2D eigenvalue weighted by atomic mass is 9.85. The Bertz CT molecular complexity index is 1080. The highest BCUT2D eigenvalue weighted by Crippen LogP contribution is 2.42. The van der Waals surface area contributed by atoms with Crippen molar-refractivity contribution >= 4 is 17.4 Å². The number of carbonyl (C=O) groups is 2. The van der Waals surface area contributed by atoms with E-state index in [-0.39, 0.29) is 23.5 Å². The number of ketones is 1.